The first-order valence-electron chi connectivity index (χ1n) is 6.40. The smallest absolute Gasteiger partial charge is 0.167 e. The summed E-state index contributed by atoms with van der Waals surface area (Å²) < 4.78 is 0. The molecule has 0 spiro atoms. The quantitative estimate of drug-likeness (QED) is 0.528. The predicted molar refractivity (Wildman–Crippen MR) is 79.4 cm³/mol. The van der Waals surface area contributed by atoms with Crippen LogP contribution in [0.4, 0.5) is 0 Å². The number of ketones is 1. The maximum absolute atomic E-state index is 11.9. The molecule has 0 atom stereocenters. The van der Waals surface area contributed by atoms with Gasteiger partial charge in [-0.2, -0.15) is 0 Å². The lowest BCUT2D eigenvalue weighted by atomic mass is 9.98. The van der Waals surface area contributed by atoms with Gasteiger partial charge in [0.25, 0.3) is 0 Å². The van der Waals surface area contributed by atoms with E-state index in [2.05, 4.69) is 36.9 Å². The lowest BCUT2D eigenvalue weighted by molar-refractivity contribution is 0.100. The third kappa shape index (κ3) is 1.45. The standard InChI is InChI=1S/C18H12O/c1-11-6-18(19)17-10-15-8-13-5-3-2-4-12(13)7-14(15)9-16(11)17/h2-5,7-10H,1,6H2. The van der Waals surface area contributed by atoms with Gasteiger partial charge in [0.1, 0.15) is 0 Å². The molecule has 90 valence electrons. The minimum absolute atomic E-state index is 0.190. The van der Waals surface area contributed by atoms with Crippen LogP contribution in [0.5, 0.6) is 0 Å². The Morgan fingerprint density at radius 3 is 2.00 bits per heavy atom. The van der Waals surface area contributed by atoms with Crippen LogP contribution in [0.1, 0.15) is 22.3 Å². The molecule has 3 aromatic carbocycles. The molecule has 0 amide bonds. The van der Waals surface area contributed by atoms with Crippen LogP contribution in [0, 0.1) is 0 Å². The SMILES string of the molecule is C=C1CC(=O)c2cc3cc4ccccc4cc3cc21. The average molecular weight is 244 g/mol. The Morgan fingerprint density at radius 2 is 1.37 bits per heavy atom. The van der Waals surface area contributed by atoms with Crippen LogP contribution in [-0.4, -0.2) is 5.78 Å². The van der Waals surface area contributed by atoms with Crippen LogP contribution in [0.2, 0.25) is 0 Å². The summed E-state index contributed by atoms with van der Waals surface area (Å²) in [4.78, 5) is 11.9. The van der Waals surface area contributed by atoms with Gasteiger partial charge in [0.05, 0.1) is 0 Å². The Balaban J connectivity index is 2.13. The van der Waals surface area contributed by atoms with Gasteiger partial charge in [0.15, 0.2) is 5.78 Å². The number of benzene rings is 3. The molecular formula is C18H12O. The number of allylic oxidation sites excluding steroid dienone is 1. The molecule has 0 radical (unpaired) electrons. The molecular weight excluding hydrogens is 232 g/mol. The second kappa shape index (κ2) is 3.55. The summed E-state index contributed by atoms with van der Waals surface area (Å²) in [5, 5.41) is 4.73. The van der Waals surface area contributed by atoms with Gasteiger partial charge in [0.2, 0.25) is 0 Å². The molecule has 0 heterocycles. The Hall–Kier alpha value is -2.41. The van der Waals surface area contributed by atoms with Gasteiger partial charge in [-0.3, -0.25) is 4.79 Å². The highest BCUT2D eigenvalue weighted by atomic mass is 16.1. The fourth-order valence-electron chi connectivity index (χ4n) is 2.90. The van der Waals surface area contributed by atoms with Gasteiger partial charge in [-0.25, -0.2) is 0 Å². The van der Waals surface area contributed by atoms with Crippen molar-refractivity contribution in [2.24, 2.45) is 0 Å². The number of Topliss-reactive ketones (excluding diaryl/α,β-unsaturated/α-hetero) is 1. The topological polar surface area (TPSA) is 17.1 Å². The second-order valence-electron chi connectivity index (χ2n) is 5.15. The van der Waals surface area contributed by atoms with Crippen LogP contribution in [0.3, 0.4) is 0 Å². The summed E-state index contributed by atoms with van der Waals surface area (Å²) in [6.07, 6.45) is 0.463. The summed E-state index contributed by atoms with van der Waals surface area (Å²) in [6.45, 7) is 3.99. The molecule has 3 aromatic rings. The Morgan fingerprint density at radius 1 is 0.789 bits per heavy atom. The molecule has 1 heteroatoms. The lowest BCUT2D eigenvalue weighted by Crippen LogP contribution is -1.91. The summed E-state index contributed by atoms with van der Waals surface area (Å²) in [6, 6.07) is 16.7. The van der Waals surface area contributed by atoms with Gasteiger partial charge in [0, 0.05) is 12.0 Å². The van der Waals surface area contributed by atoms with Crippen LogP contribution in [-0.2, 0) is 0 Å². The van der Waals surface area contributed by atoms with Gasteiger partial charge in [-0.15, -0.1) is 0 Å². The van der Waals surface area contributed by atoms with E-state index in [9.17, 15) is 4.79 Å². The maximum Gasteiger partial charge on any atom is 0.167 e. The summed E-state index contributed by atoms with van der Waals surface area (Å²) in [5.74, 6) is 0.190. The summed E-state index contributed by atoms with van der Waals surface area (Å²) in [7, 11) is 0. The monoisotopic (exact) mass is 244 g/mol. The first-order chi connectivity index (χ1) is 9.22. The zero-order valence-corrected chi connectivity index (χ0v) is 10.4. The lowest BCUT2D eigenvalue weighted by Gasteiger charge is -2.05. The van der Waals surface area contributed by atoms with E-state index in [-0.39, 0.29) is 5.78 Å². The van der Waals surface area contributed by atoms with Gasteiger partial charge >= 0.3 is 0 Å². The van der Waals surface area contributed by atoms with E-state index in [0.717, 1.165) is 22.1 Å². The van der Waals surface area contributed by atoms with Crippen molar-refractivity contribution in [2.45, 2.75) is 6.42 Å². The van der Waals surface area contributed by atoms with Crippen LogP contribution < -0.4 is 0 Å². The zero-order chi connectivity index (χ0) is 13.0. The molecule has 1 nitrogen and oxygen atoms in total. The molecule has 1 aliphatic rings. The van der Waals surface area contributed by atoms with Gasteiger partial charge < -0.3 is 0 Å². The van der Waals surface area contributed by atoms with Crippen LogP contribution in [0.15, 0.2) is 55.1 Å². The third-order valence-corrected chi connectivity index (χ3v) is 3.90. The van der Waals surface area contributed by atoms with Crippen molar-refractivity contribution in [3.05, 3.63) is 66.2 Å². The highest BCUT2D eigenvalue weighted by Gasteiger charge is 2.23. The number of hydrogen-bond donors (Lipinski definition) is 0. The van der Waals surface area contributed by atoms with Gasteiger partial charge in [-0.05, 0) is 56.9 Å². The van der Waals surface area contributed by atoms with Crippen molar-refractivity contribution in [1.29, 1.82) is 0 Å². The first kappa shape index (κ1) is 10.5. The highest BCUT2D eigenvalue weighted by molar-refractivity contribution is 6.14. The number of rotatable bonds is 0. The van der Waals surface area contributed by atoms with E-state index >= 15 is 0 Å². The fourth-order valence-corrected chi connectivity index (χ4v) is 2.90. The van der Waals surface area contributed by atoms with E-state index in [1.165, 1.54) is 16.2 Å². The van der Waals surface area contributed by atoms with Crippen molar-refractivity contribution in [1.82, 2.24) is 0 Å². The van der Waals surface area contributed by atoms with Crippen molar-refractivity contribution in [2.75, 3.05) is 0 Å². The van der Waals surface area contributed by atoms with Crippen LogP contribution >= 0.6 is 0 Å². The number of carbonyl (C=O) groups excluding carboxylic acids is 1. The predicted octanol–water partition coefficient (Wildman–Crippen LogP) is 4.59. The van der Waals surface area contributed by atoms with Crippen LogP contribution in [0.25, 0.3) is 27.1 Å². The molecule has 0 N–H and O–H groups in total. The highest BCUT2D eigenvalue weighted by Crippen LogP contribution is 2.35. The van der Waals surface area contributed by atoms with E-state index in [1.807, 2.05) is 18.2 Å². The molecule has 0 aromatic heterocycles. The first-order valence-corrected chi connectivity index (χ1v) is 6.40. The number of hydrogen-bond acceptors (Lipinski definition) is 1. The molecule has 0 bridgehead atoms. The van der Waals surface area contributed by atoms with Crippen molar-refractivity contribution >= 4 is 32.9 Å². The fraction of sp³-hybridized carbons (Fsp3) is 0.0556. The number of fused-ring (bicyclic) bond motifs is 3. The summed E-state index contributed by atoms with van der Waals surface area (Å²) >= 11 is 0. The van der Waals surface area contributed by atoms with E-state index in [4.69, 9.17) is 0 Å². The Bertz CT molecular complexity index is 799. The molecule has 19 heavy (non-hydrogen) atoms. The molecule has 0 aliphatic heterocycles. The van der Waals surface area contributed by atoms with Crippen molar-refractivity contribution < 1.29 is 4.79 Å². The minimum Gasteiger partial charge on any atom is -0.294 e. The zero-order valence-electron chi connectivity index (χ0n) is 10.4. The van der Waals surface area contributed by atoms with E-state index in [1.54, 1.807) is 0 Å². The van der Waals surface area contributed by atoms with E-state index in [0.29, 0.717) is 6.42 Å². The Kier molecular flexibility index (Phi) is 1.96. The summed E-state index contributed by atoms with van der Waals surface area (Å²) in [5.41, 5.74) is 2.79. The molecule has 4 rings (SSSR count). The minimum atomic E-state index is 0.190. The van der Waals surface area contributed by atoms with E-state index < -0.39 is 0 Å². The Labute approximate surface area is 111 Å². The van der Waals surface area contributed by atoms with Crippen molar-refractivity contribution in [3.8, 4) is 0 Å². The van der Waals surface area contributed by atoms with Crippen molar-refractivity contribution in [3.63, 3.8) is 0 Å². The maximum atomic E-state index is 11.9. The largest absolute Gasteiger partial charge is 0.294 e. The third-order valence-electron chi connectivity index (χ3n) is 3.90. The molecule has 0 fully saturated rings. The average Bonchev–Trinajstić information content (AvgIpc) is 2.69. The normalized spacial score (nSPS) is 14.3. The second-order valence-corrected chi connectivity index (χ2v) is 5.15. The molecule has 0 saturated heterocycles. The molecule has 0 saturated carbocycles. The molecule has 1 aliphatic carbocycles. The number of carbonyl (C=O) groups is 1. The molecule has 0 unspecified atom stereocenters. The van der Waals surface area contributed by atoms with Gasteiger partial charge in [-0.1, -0.05) is 30.8 Å².